The second kappa shape index (κ2) is 6.86. The van der Waals surface area contributed by atoms with Gasteiger partial charge in [-0.3, -0.25) is 4.90 Å². The average Bonchev–Trinajstić information content (AvgIpc) is 3.20. The number of hydrogen-bond donors (Lipinski definition) is 0. The van der Waals surface area contributed by atoms with Crippen molar-refractivity contribution >= 4 is 5.82 Å². The monoisotopic (exact) mass is 372 g/mol. The third-order valence-electron chi connectivity index (χ3n) is 5.44. The molecule has 0 bridgehead atoms. The molecule has 7 heteroatoms. The first kappa shape index (κ1) is 17.8. The lowest BCUT2D eigenvalue weighted by atomic mass is 10.0. The van der Waals surface area contributed by atoms with Crippen molar-refractivity contribution in [3.8, 4) is 6.07 Å². The van der Waals surface area contributed by atoms with Crippen LogP contribution < -0.4 is 4.90 Å². The lowest BCUT2D eigenvalue weighted by molar-refractivity contribution is -0.137. The highest BCUT2D eigenvalue weighted by Crippen LogP contribution is 2.39. The van der Waals surface area contributed by atoms with E-state index in [-0.39, 0.29) is 5.82 Å². The van der Waals surface area contributed by atoms with Gasteiger partial charge in [0.25, 0.3) is 0 Å². The summed E-state index contributed by atoms with van der Waals surface area (Å²) in [6.07, 6.45) is -2.96. The highest BCUT2D eigenvalue weighted by atomic mass is 19.4. The summed E-state index contributed by atoms with van der Waals surface area (Å²) in [5.74, 6) is 0.760. The van der Waals surface area contributed by atoms with Crippen LogP contribution in [0.15, 0.2) is 42.6 Å². The van der Waals surface area contributed by atoms with Crippen LogP contribution in [0.4, 0.5) is 19.0 Å². The lowest BCUT2D eigenvalue weighted by Crippen LogP contribution is -2.30. The molecule has 2 aliphatic heterocycles. The van der Waals surface area contributed by atoms with Gasteiger partial charge in [0.05, 0.1) is 17.2 Å². The largest absolute Gasteiger partial charge is 0.419 e. The van der Waals surface area contributed by atoms with E-state index < -0.39 is 11.7 Å². The minimum absolute atomic E-state index is 0.0537. The molecule has 0 radical (unpaired) electrons. The van der Waals surface area contributed by atoms with Gasteiger partial charge in [0, 0.05) is 38.9 Å². The molecule has 3 heterocycles. The van der Waals surface area contributed by atoms with Crippen LogP contribution in [0.25, 0.3) is 0 Å². The first-order valence-corrected chi connectivity index (χ1v) is 8.92. The molecule has 140 valence electrons. The summed E-state index contributed by atoms with van der Waals surface area (Å²) in [5.41, 5.74) is 1.14. The molecule has 2 aliphatic rings. The van der Waals surface area contributed by atoms with Crippen molar-refractivity contribution in [2.24, 2.45) is 11.8 Å². The summed E-state index contributed by atoms with van der Waals surface area (Å²) in [4.78, 5) is 8.16. The molecule has 2 aromatic rings. The maximum Gasteiger partial charge on any atom is 0.419 e. The Morgan fingerprint density at radius 3 is 2.30 bits per heavy atom. The molecule has 1 aromatic heterocycles. The zero-order chi connectivity index (χ0) is 19.0. The maximum absolute atomic E-state index is 13.3. The van der Waals surface area contributed by atoms with Crippen molar-refractivity contribution in [1.29, 1.82) is 5.26 Å². The highest BCUT2D eigenvalue weighted by Gasteiger charge is 2.43. The second-order valence-corrected chi connectivity index (χ2v) is 7.30. The molecule has 0 N–H and O–H groups in total. The maximum atomic E-state index is 13.3. The predicted molar refractivity (Wildman–Crippen MR) is 94.9 cm³/mol. The standard InChI is InChI=1S/C20H19F3N4/c21-20(22,23)18-2-1-7-25-19(18)27-12-16-10-26(11-17(16)13-27)9-15-5-3-14(8-24)4-6-15/h1-7,16-17H,9-13H2. The Kier molecular flexibility index (Phi) is 4.52. The van der Waals surface area contributed by atoms with E-state index in [1.54, 1.807) is 4.90 Å². The van der Waals surface area contributed by atoms with Gasteiger partial charge < -0.3 is 4.90 Å². The number of rotatable bonds is 3. The molecule has 1 aromatic carbocycles. The fraction of sp³-hybridized carbons (Fsp3) is 0.400. The van der Waals surface area contributed by atoms with Gasteiger partial charge >= 0.3 is 6.18 Å². The molecule has 0 spiro atoms. The third kappa shape index (κ3) is 3.62. The number of nitrogens with zero attached hydrogens (tertiary/aromatic N) is 4. The fourth-order valence-electron chi connectivity index (χ4n) is 4.21. The molecule has 0 saturated carbocycles. The number of nitriles is 1. The molecule has 0 amide bonds. The van der Waals surface area contributed by atoms with E-state index >= 15 is 0 Å². The number of hydrogen-bond acceptors (Lipinski definition) is 4. The van der Waals surface area contributed by atoms with E-state index in [9.17, 15) is 13.2 Å². The van der Waals surface area contributed by atoms with Crippen LogP contribution in [0.5, 0.6) is 0 Å². The van der Waals surface area contributed by atoms with Crippen molar-refractivity contribution in [3.63, 3.8) is 0 Å². The predicted octanol–water partition coefficient (Wildman–Crippen LogP) is 3.54. The Bertz CT molecular complexity index is 843. The molecule has 2 fully saturated rings. The molecule has 2 atom stereocenters. The summed E-state index contributed by atoms with van der Waals surface area (Å²) in [6.45, 7) is 3.75. The Morgan fingerprint density at radius 2 is 1.70 bits per heavy atom. The summed E-state index contributed by atoms with van der Waals surface area (Å²) in [5, 5.41) is 8.87. The van der Waals surface area contributed by atoms with E-state index in [0.29, 0.717) is 30.5 Å². The van der Waals surface area contributed by atoms with Gasteiger partial charge in [0.15, 0.2) is 0 Å². The van der Waals surface area contributed by atoms with Gasteiger partial charge in [-0.25, -0.2) is 4.98 Å². The SMILES string of the molecule is N#Cc1ccc(CN2CC3CN(c4ncccc4C(F)(F)F)CC3C2)cc1. The number of benzene rings is 1. The van der Waals surface area contributed by atoms with Gasteiger partial charge in [0.1, 0.15) is 5.82 Å². The minimum atomic E-state index is -4.39. The Balaban J connectivity index is 1.41. The average molecular weight is 372 g/mol. The number of alkyl halides is 3. The Morgan fingerprint density at radius 1 is 1.04 bits per heavy atom. The van der Waals surface area contributed by atoms with Gasteiger partial charge in [-0.1, -0.05) is 12.1 Å². The van der Waals surface area contributed by atoms with Crippen LogP contribution in [0.2, 0.25) is 0 Å². The first-order valence-electron chi connectivity index (χ1n) is 8.92. The zero-order valence-corrected chi connectivity index (χ0v) is 14.7. The van der Waals surface area contributed by atoms with E-state index in [1.165, 1.54) is 12.3 Å². The van der Waals surface area contributed by atoms with Crippen molar-refractivity contribution < 1.29 is 13.2 Å². The fourth-order valence-corrected chi connectivity index (χ4v) is 4.21. The number of likely N-dealkylation sites (tertiary alicyclic amines) is 1. The van der Waals surface area contributed by atoms with Crippen molar-refractivity contribution in [1.82, 2.24) is 9.88 Å². The smallest absolute Gasteiger partial charge is 0.355 e. The molecule has 27 heavy (non-hydrogen) atoms. The molecular weight excluding hydrogens is 353 g/mol. The highest BCUT2D eigenvalue weighted by molar-refractivity contribution is 5.49. The Hall–Kier alpha value is -2.59. The van der Waals surface area contributed by atoms with Crippen LogP contribution in [-0.2, 0) is 12.7 Å². The van der Waals surface area contributed by atoms with Crippen molar-refractivity contribution in [2.75, 3.05) is 31.1 Å². The van der Waals surface area contributed by atoms with Crippen LogP contribution in [0, 0.1) is 23.2 Å². The lowest BCUT2D eigenvalue weighted by Gasteiger charge is -2.24. The number of pyridine rings is 1. The van der Waals surface area contributed by atoms with Crippen LogP contribution >= 0.6 is 0 Å². The summed E-state index contributed by atoms with van der Waals surface area (Å²) < 4.78 is 39.8. The number of halogens is 3. The molecule has 2 unspecified atom stereocenters. The molecular formula is C20H19F3N4. The number of fused-ring (bicyclic) bond motifs is 1. The summed E-state index contributed by atoms with van der Waals surface area (Å²) in [6, 6.07) is 12.1. The normalized spacial score (nSPS) is 22.7. The third-order valence-corrected chi connectivity index (χ3v) is 5.44. The van der Waals surface area contributed by atoms with Gasteiger partial charge in [-0.15, -0.1) is 0 Å². The van der Waals surface area contributed by atoms with E-state index in [1.807, 2.05) is 24.3 Å². The molecule has 4 rings (SSSR count). The van der Waals surface area contributed by atoms with Crippen LogP contribution in [0.1, 0.15) is 16.7 Å². The Labute approximate surface area is 155 Å². The van der Waals surface area contributed by atoms with Crippen LogP contribution in [-0.4, -0.2) is 36.1 Å². The molecule has 2 saturated heterocycles. The zero-order valence-electron chi connectivity index (χ0n) is 14.7. The number of anilines is 1. The van der Waals surface area contributed by atoms with E-state index in [4.69, 9.17) is 5.26 Å². The van der Waals surface area contributed by atoms with Gasteiger partial charge in [-0.2, -0.15) is 18.4 Å². The topological polar surface area (TPSA) is 43.2 Å². The van der Waals surface area contributed by atoms with Crippen LogP contribution in [0.3, 0.4) is 0 Å². The van der Waals surface area contributed by atoms with Gasteiger partial charge in [0.2, 0.25) is 0 Å². The minimum Gasteiger partial charge on any atom is -0.355 e. The van der Waals surface area contributed by atoms with Gasteiger partial charge in [-0.05, 0) is 41.7 Å². The summed E-state index contributed by atoms with van der Waals surface area (Å²) in [7, 11) is 0. The summed E-state index contributed by atoms with van der Waals surface area (Å²) >= 11 is 0. The first-order chi connectivity index (χ1) is 12.9. The quantitative estimate of drug-likeness (QED) is 0.827. The number of aromatic nitrogens is 1. The van der Waals surface area contributed by atoms with E-state index in [0.717, 1.165) is 31.3 Å². The molecule has 0 aliphatic carbocycles. The molecule has 4 nitrogen and oxygen atoms in total. The van der Waals surface area contributed by atoms with Crippen molar-refractivity contribution in [3.05, 3.63) is 59.3 Å². The second-order valence-electron chi connectivity index (χ2n) is 7.30. The van der Waals surface area contributed by atoms with E-state index in [2.05, 4.69) is 16.0 Å². The van der Waals surface area contributed by atoms with Crippen molar-refractivity contribution in [2.45, 2.75) is 12.7 Å².